The van der Waals surface area contributed by atoms with Gasteiger partial charge in [-0.2, -0.15) is 0 Å². The number of primary amides is 1. The number of carbonyl (C=O) groups is 13. The minimum Gasteiger partial charge on any atom is -0.394 e. The Morgan fingerprint density at radius 3 is 1.62 bits per heavy atom. The Morgan fingerprint density at radius 2 is 1.10 bits per heavy atom. The number of rotatable bonds is 17. The van der Waals surface area contributed by atoms with Crippen molar-refractivity contribution < 1.29 is 67.4 Å². The van der Waals surface area contributed by atoms with Gasteiger partial charge in [0.25, 0.3) is 0 Å². The number of aliphatic hydroxyl groups excluding tert-OH is 1. The highest BCUT2D eigenvalue weighted by atomic mass is 16.3. The number of nitrogens with one attached hydrogen (secondary N) is 10. The van der Waals surface area contributed by atoms with Crippen molar-refractivity contribution in [3.63, 3.8) is 0 Å². The first-order chi connectivity index (χ1) is 41.1. The van der Waals surface area contributed by atoms with Gasteiger partial charge < -0.3 is 73.8 Å². The summed E-state index contributed by atoms with van der Waals surface area (Å²) in [7, 11) is 2.48. The first-order valence-corrected chi connectivity index (χ1v) is 28.6. The number of carbonyl (C=O) groups excluding carboxylic acids is 13. The summed E-state index contributed by atoms with van der Waals surface area (Å²) in [6, 6.07) is 10.8. The molecule has 27 nitrogen and oxygen atoms in total. The highest BCUT2D eigenvalue weighted by Crippen LogP contribution is 2.15. The van der Waals surface area contributed by atoms with Crippen molar-refractivity contribution >= 4 is 76.8 Å². The van der Waals surface area contributed by atoms with E-state index in [1.165, 1.54) is 27.8 Å². The van der Waals surface area contributed by atoms with Gasteiger partial charge in [-0.05, 0) is 55.7 Å². The second kappa shape index (κ2) is 34.0. The third-order valence-electron chi connectivity index (χ3n) is 14.3. The van der Waals surface area contributed by atoms with Gasteiger partial charge in [0.2, 0.25) is 76.8 Å². The van der Waals surface area contributed by atoms with E-state index in [1.807, 2.05) is 0 Å². The minimum absolute atomic E-state index is 0.0532. The van der Waals surface area contributed by atoms with Gasteiger partial charge in [0.05, 0.1) is 26.1 Å². The van der Waals surface area contributed by atoms with Crippen molar-refractivity contribution in [3.05, 3.63) is 108 Å². The van der Waals surface area contributed by atoms with E-state index in [0.29, 0.717) is 16.7 Å². The second-order valence-corrected chi connectivity index (χ2v) is 22.2. The third kappa shape index (κ3) is 22.3. The Morgan fingerprint density at radius 1 is 0.609 bits per heavy atom. The number of nitrogens with two attached hydrogens (primary N) is 1. The van der Waals surface area contributed by atoms with Crippen LogP contribution in [0, 0.1) is 11.8 Å². The maximum atomic E-state index is 14.8. The van der Waals surface area contributed by atoms with E-state index >= 15 is 0 Å². The van der Waals surface area contributed by atoms with E-state index in [0.717, 1.165) is 16.8 Å². The summed E-state index contributed by atoms with van der Waals surface area (Å²) in [5.74, 6) is -12.6. The molecule has 1 heterocycles. The zero-order chi connectivity index (χ0) is 64.7. The van der Waals surface area contributed by atoms with E-state index in [4.69, 9.17) is 5.73 Å². The Labute approximate surface area is 505 Å². The minimum atomic E-state index is -1.90. The SMILES string of the molecule is CC(C)C[C@@H]1NC(=O)CNC(=O)[C@H](Cc2ccccc2)N(C)C(=O)[C@@H](C)NC(=O)[C@H](Cc2ccccc2)NC(=O)C[C@@H](C(=O)N(C)[C@@H](C)C(=O)N[C@@H](CO)C(=O)NCC(N)=O)NC(=O)[C@H](Cc2ccccc2)NC(=O)[C@H](C(C)C)NC(=O)[C@H](C)NC1=O. The van der Waals surface area contributed by atoms with Gasteiger partial charge in [-0.3, -0.25) is 62.3 Å². The fourth-order valence-electron chi connectivity index (χ4n) is 9.19. The average molecular weight is 1210 g/mol. The lowest BCUT2D eigenvalue weighted by atomic mass is 10.00. The molecule has 1 fully saturated rings. The molecule has 3 aromatic rings. The fourth-order valence-corrected chi connectivity index (χ4v) is 9.19. The maximum absolute atomic E-state index is 14.8. The number of nitrogens with zero attached hydrogens (tertiary/aromatic N) is 2. The lowest BCUT2D eigenvalue weighted by molar-refractivity contribution is -0.144. The van der Waals surface area contributed by atoms with E-state index in [1.54, 1.807) is 119 Å². The summed E-state index contributed by atoms with van der Waals surface area (Å²) in [6.45, 7) is 8.55. The van der Waals surface area contributed by atoms with Crippen LogP contribution in [-0.2, 0) is 81.6 Å². The largest absolute Gasteiger partial charge is 0.394 e. The lowest BCUT2D eigenvalue weighted by Gasteiger charge is -2.31. The second-order valence-electron chi connectivity index (χ2n) is 22.2. The van der Waals surface area contributed by atoms with Crippen LogP contribution in [0.2, 0.25) is 0 Å². The van der Waals surface area contributed by atoms with E-state index in [9.17, 15) is 67.4 Å². The molecule has 3 aromatic carbocycles. The molecule has 0 aromatic heterocycles. The standard InChI is InChI=1S/C60H83N13O14/c1-33(2)25-41-54(81)64-35(5)51(78)71-50(34(3)4)58(85)68-43(27-39-21-15-11-16-22-39)56(83)69-44(60(87)72(8)37(7)52(79)70-45(32-74)53(80)62-30-47(61)75)29-48(76)66-42(26-38-19-13-10-14-20-38)55(82)65-36(6)59(86)73(9)46(28-40-23-17-12-18-24-40)57(84)63-31-49(77)67-41/h10-24,33-37,41-46,50,74H,25-32H2,1-9H3,(H2,61,75)(H,62,80)(H,63,84)(H,64,81)(H,65,82)(H,66,76)(H,67,77)(H,68,85)(H,69,83)(H,70,79)(H,71,78)/t35-,36+,37-,41-,42-,43-,44-,45-,46-,50-/m0/s1. The Balaban J connectivity index is 1.85. The molecule has 0 unspecified atom stereocenters. The van der Waals surface area contributed by atoms with Crippen LogP contribution < -0.4 is 58.9 Å². The molecule has 27 heteroatoms. The predicted octanol–water partition coefficient (Wildman–Crippen LogP) is -2.88. The molecule has 0 radical (unpaired) electrons. The van der Waals surface area contributed by atoms with Gasteiger partial charge in [-0.1, -0.05) is 119 Å². The summed E-state index contributed by atoms with van der Waals surface area (Å²) in [5, 5.41) is 35.3. The van der Waals surface area contributed by atoms with Crippen LogP contribution in [0.4, 0.5) is 0 Å². The van der Waals surface area contributed by atoms with Crippen molar-refractivity contribution in [1.29, 1.82) is 0 Å². The van der Waals surface area contributed by atoms with E-state index in [-0.39, 0.29) is 31.6 Å². The normalized spacial score (nSPS) is 22.7. The quantitative estimate of drug-likeness (QED) is 0.0647. The highest BCUT2D eigenvalue weighted by molar-refractivity contribution is 6.00. The topological polar surface area (TPSA) is 395 Å². The fraction of sp³-hybridized carbons (Fsp3) is 0.483. The van der Waals surface area contributed by atoms with Crippen LogP contribution in [0.25, 0.3) is 0 Å². The molecular weight excluding hydrogens is 1130 g/mol. The van der Waals surface area contributed by atoms with Crippen molar-refractivity contribution in [2.75, 3.05) is 33.8 Å². The Kier molecular flexibility index (Phi) is 27.5. The number of amides is 13. The van der Waals surface area contributed by atoms with Crippen molar-refractivity contribution in [2.45, 2.75) is 141 Å². The molecule has 4 rings (SSSR count). The molecule has 1 saturated heterocycles. The van der Waals surface area contributed by atoms with Gasteiger partial charge in [0, 0.05) is 33.4 Å². The number of benzene rings is 3. The van der Waals surface area contributed by atoms with Crippen LogP contribution >= 0.6 is 0 Å². The number of hydrogen-bond donors (Lipinski definition) is 12. The summed E-state index contributed by atoms with van der Waals surface area (Å²) in [5.41, 5.74) is 6.80. The monoisotopic (exact) mass is 1210 g/mol. The van der Waals surface area contributed by atoms with Crippen molar-refractivity contribution in [1.82, 2.24) is 63.0 Å². The summed E-state index contributed by atoms with van der Waals surface area (Å²) in [4.78, 5) is 183. The van der Waals surface area contributed by atoms with Gasteiger partial charge in [-0.15, -0.1) is 0 Å². The highest BCUT2D eigenvalue weighted by Gasteiger charge is 2.38. The zero-order valence-corrected chi connectivity index (χ0v) is 50.5. The smallest absolute Gasteiger partial charge is 0.246 e. The van der Waals surface area contributed by atoms with Gasteiger partial charge >= 0.3 is 0 Å². The van der Waals surface area contributed by atoms with Crippen LogP contribution in [0.5, 0.6) is 0 Å². The van der Waals surface area contributed by atoms with Crippen molar-refractivity contribution in [3.8, 4) is 0 Å². The number of hydrogen-bond acceptors (Lipinski definition) is 14. The first kappa shape index (κ1) is 70.2. The van der Waals surface area contributed by atoms with Gasteiger partial charge in [-0.25, -0.2) is 0 Å². The lowest BCUT2D eigenvalue weighted by Crippen LogP contribution is -2.61. The third-order valence-corrected chi connectivity index (χ3v) is 14.3. The molecule has 0 bridgehead atoms. The van der Waals surface area contributed by atoms with E-state index in [2.05, 4.69) is 53.2 Å². The molecule has 13 amide bonds. The van der Waals surface area contributed by atoms with Crippen LogP contribution in [0.3, 0.4) is 0 Å². The van der Waals surface area contributed by atoms with Gasteiger partial charge in [0.1, 0.15) is 60.4 Å². The summed E-state index contributed by atoms with van der Waals surface area (Å²) in [6.07, 6.45) is -1.30. The van der Waals surface area contributed by atoms with Gasteiger partial charge in [0.15, 0.2) is 0 Å². The molecule has 10 atom stereocenters. The average Bonchev–Trinajstić information content (AvgIpc) is 3.66. The molecule has 0 saturated carbocycles. The van der Waals surface area contributed by atoms with E-state index < -0.39 is 169 Å². The molecular formula is C60H83N13O14. The molecule has 1 aliphatic rings. The Bertz CT molecular complexity index is 2920. The predicted molar refractivity (Wildman–Crippen MR) is 317 cm³/mol. The maximum Gasteiger partial charge on any atom is 0.246 e. The van der Waals surface area contributed by atoms with Crippen LogP contribution in [0.15, 0.2) is 91.0 Å². The van der Waals surface area contributed by atoms with Crippen LogP contribution in [-0.4, -0.2) is 186 Å². The number of likely N-dealkylation sites (N-methyl/N-ethyl adjacent to an activating group) is 2. The van der Waals surface area contributed by atoms with Crippen LogP contribution in [0.1, 0.15) is 78.0 Å². The summed E-state index contributed by atoms with van der Waals surface area (Å²) < 4.78 is 0. The first-order valence-electron chi connectivity index (χ1n) is 28.6. The molecule has 472 valence electrons. The van der Waals surface area contributed by atoms with Crippen molar-refractivity contribution in [2.24, 2.45) is 17.6 Å². The molecule has 13 N–H and O–H groups in total. The molecule has 87 heavy (non-hydrogen) atoms. The number of aliphatic hydroxyl groups is 1. The zero-order valence-electron chi connectivity index (χ0n) is 50.5. The molecule has 1 aliphatic heterocycles. The summed E-state index contributed by atoms with van der Waals surface area (Å²) >= 11 is 0. The molecule has 0 aliphatic carbocycles. The molecule has 0 spiro atoms. The Hall–Kier alpha value is -9.27.